The molecule has 0 saturated heterocycles. The summed E-state index contributed by atoms with van der Waals surface area (Å²) in [6, 6.07) is -1.24. The molecule has 0 fully saturated rings. The maximum absolute atomic E-state index is 12.5. The van der Waals surface area contributed by atoms with Gasteiger partial charge in [-0.25, -0.2) is 0 Å². The van der Waals surface area contributed by atoms with Crippen LogP contribution in [0.5, 0.6) is 0 Å². The van der Waals surface area contributed by atoms with Gasteiger partial charge in [0.1, 0.15) is 6.10 Å². The first-order chi connectivity index (χ1) is 22.2. The summed E-state index contributed by atoms with van der Waals surface area (Å²) in [7, 11) is -4.44. The van der Waals surface area contributed by atoms with Gasteiger partial charge in [0.25, 0.3) is 10.1 Å². The normalized spacial score (nSPS) is 14.3. The highest BCUT2D eigenvalue weighted by Gasteiger charge is 2.27. The van der Waals surface area contributed by atoms with Crippen molar-refractivity contribution >= 4 is 16.0 Å². The molecule has 0 aliphatic heterocycles. The molecule has 0 aromatic heterocycles. The number of hydrogen-bond donors (Lipinski definition) is 4. The summed E-state index contributed by atoms with van der Waals surface area (Å²) in [5.41, 5.74) is 0. The van der Waals surface area contributed by atoms with Gasteiger partial charge in [-0.1, -0.05) is 179 Å². The number of carbonyl (C=O) groups is 1. The average Bonchev–Trinajstić information content (AvgIpc) is 3.01. The first-order valence-electron chi connectivity index (χ1n) is 19.1. The van der Waals surface area contributed by atoms with Crippen LogP contribution in [0.25, 0.3) is 0 Å². The van der Waals surface area contributed by atoms with Gasteiger partial charge in [-0.3, -0.25) is 9.35 Å². The van der Waals surface area contributed by atoms with Crippen LogP contribution < -0.4 is 5.32 Å². The Hall–Kier alpha value is -1.22. The number of unbranched alkanes of at least 4 members (excludes halogenated alkanes) is 23. The van der Waals surface area contributed by atoms with Gasteiger partial charge in [0, 0.05) is 0 Å². The highest BCUT2D eigenvalue weighted by atomic mass is 32.2. The minimum absolute atomic E-state index is 0.278. The number of hydrogen-bond acceptors (Lipinski definition) is 5. The van der Waals surface area contributed by atoms with Gasteiger partial charge in [-0.15, -0.1) is 0 Å². The zero-order chi connectivity index (χ0) is 34.1. The summed E-state index contributed by atoms with van der Waals surface area (Å²) in [5, 5.41) is 23.2. The number of aliphatic hydroxyl groups excluding tert-OH is 2. The summed E-state index contributed by atoms with van der Waals surface area (Å²) in [6.07, 6.45) is 36.8. The molecule has 46 heavy (non-hydrogen) atoms. The van der Waals surface area contributed by atoms with Crippen molar-refractivity contribution in [3.05, 3.63) is 24.3 Å². The first-order valence-corrected chi connectivity index (χ1v) is 20.8. The monoisotopic (exact) mass is 672 g/mol. The van der Waals surface area contributed by atoms with Crippen LogP contribution in [-0.2, 0) is 14.9 Å². The second-order valence-corrected chi connectivity index (χ2v) is 14.8. The third-order valence-corrected chi connectivity index (χ3v) is 9.52. The molecule has 0 aliphatic rings. The highest BCUT2D eigenvalue weighted by molar-refractivity contribution is 7.85. The van der Waals surface area contributed by atoms with Crippen LogP contribution in [0.3, 0.4) is 0 Å². The first kappa shape index (κ1) is 44.8. The van der Waals surface area contributed by atoms with Crippen LogP contribution >= 0.6 is 0 Å². The maximum Gasteiger partial charge on any atom is 0.267 e. The molecule has 8 heteroatoms. The minimum Gasteiger partial charge on any atom is -0.387 e. The van der Waals surface area contributed by atoms with Crippen molar-refractivity contribution in [1.82, 2.24) is 5.32 Å². The van der Waals surface area contributed by atoms with Gasteiger partial charge >= 0.3 is 0 Å². The molecule has 0 saturated carbocycles. The molecule has 0 aromatic rings. The van der Waals surface area contributed by atoms with Crippen LogP contribution in [-0.4, -0.2) is 53.1 Å². The van der Waals surface area contributed by atoms with E-state index in [2.05, 4.69) is 31.3 Å². The molecule has 272 valence electrons. The number of allylic oxidation sites excluding steroid dienone is 3. The molecule has 4 N–H and O–H groups in total. The van der Waals surface area contributed by atoms with Gasteiger partial charge < -0.3 is 15.5 Å². The Morgan fingerprint density at radius 2 is 0.978 bits per heavy atom. The molecule has 7 nitrogen and oxygen atoms in total. The number of nitrogens with one attached hydrogen (secondary N) is 1. The fourth-order valence-electron chi connectivity index (χ4n) is 5.77. The van der Waals surface area contributed by atoms with Crippen molar-refractivity contribution in [3.8, 4) is 0 Å². The topological polar surface area (TPSA) is 124 Å². The van der Waals surface area contributed by atoms with Gasteiger partial charge in [0.15, 0.2) is 0 Å². The van der Waals surface area contributed by atoms with Gasteiger partial charge in [0.2, 0.25) is 5.91 Å². The number of amides is 1. The second kappa shape index (κ2) is 32.3. The highest BCUT2D eigenvalue weighted by Crippen LogP contribution is 2.15. The van der Waals surface area contributed by atoms with E-state index in [1.165, 1.54) is 128 Å². The molecule has 0 spiro atoms. The van der Waals surface area contributed by atoms with Crippen LogP contribution in [0.4, 0.5) is 0 Å². The molecule has 0 radical (unpaired) electrons. The molecular weight excluding hydrogens is 598 g/mol. The molecule has 0 heterocycles. The van der Waals surface area contributed by atoms with Crippen LogP contribution in [0.15, 0.2) is 24.3 Å². The van der Waals surface area contributed by atoms with Crippen LogP contribution in [0, 0.1) is 0 Å². The van der Waals surface area contributed by atoms with E-state index in [1.54, 1.807) is 6.08 Å². The van der Waals surface area contributed by atoms with E-state index in [4.69, 9.17) is 0 Å². The van der Waals surface area contributed by atoms with E-state index < -0.39 is 40.0 Å². The van der Waals surface area contributed by atoms with E-state index in [-0.39, 0.29) is 6.42 Å². The Balaban J connectivity index is 4.00. The Morgan fingerprint density at radius 3 is 1.43 bits per heavy atom. The molecular formula is C38H73NO6S. The minimum atomic E-state index is -4.44. The molecule has 3 unspecified atom stereocenters. The largest absolute Gasteiger partial charge is 0.387 e. The number of carbonyl (C=O) groups excluding carboxylic acids is 1. The summed E-state index contributed by atoms with van der Waals surface area (Å²) in [5.74, 6) is -1.55. The summed E-state index contributed by atoms with van der Waals surface area (Å²) < 4.78 is 32.3. The maximum atomic E-state index is 12.5. The Kier molecular flexibility index (Phi) is 31.5. The van der Waals surface area contributed by atoms with Crippen molar-refractivity contribution < 1.29 is 28.0 Å². The number of aliphatic hydroxyl groups is 2. The molecule has 0 aliphatic carbocycles. The van der Waals surface area contributed by atoms with Crippen molar-refractivity contribution in [2.24, 2.45) is 0 Å². The van der Waals surface area contributed by atoms with Crippen molar-refractivity contribution in [1.29, 1.82) is 0 Å². The summed E-state index contributed by atoms with van der Waals surface area (Å²) in [6.45, 7) is 4.46. The lowest BCUT2D eigenvalue weighted by atomic mass is 10.0. The molecule has 0 aromatic carbocycles. The van der Waals surface area contributed by atoms with Crippen molar-refractivity contribution in [2.75, 3.05) is 5.75 Å². The van der Waals surface area contributed by atoms with Crippen molar-refractivity contribution in [2.45, 2.75) is 205 Å². The Bertz CT molecular complexity index is 844. The van der Waals surface area contributed by atoms with Gasteiger partial charge in [0.05, 0.1) is 17.9 Å². The fourth-order valence-corrected chi connectivity index (χ4v) is 6.50. The van der Waals surface area contributed by atoms with Crippen molar-refractivity contribution in [3.63, 3.8) is 0 Å². The predicted molar refractivity (Wildman–Crippen MR) is 195 cm³/mol. The van der Waals surface area contributed by atoms with E-state index in [9.17, 15) is 28.0 Å². The summed E-state index contributed by atoms with van der Waals surface area (Å²) in [4.78, 5) is 12.5. The Labute approximate surface area is 284 Å². The Morgan fingerprint density at radius 1 is 0.587 bits per heavy atom. The SMILES string of the molecule is CCCCCC/C=C/CC/C=C/C(O)C(CS(=O)(=O)O)NC(=O)C(O)CCCCCCCCCCCCCCCCCCCCC. The molecule has 0 rings (SSSR count). The lowest BCUT2D eigenvalue weighted by Crippen LogP contribution is -2.50. The van der Waals surface area contributed by atoms with E-state index in [0.717, 1.165) is 32.1 Å². The lowest BCUT2D eigenvalue weighted by Gasteiger charge is -2.22. The van der Waals surface area contributed by atoms with Gasteiger partial charge in [-0.05, 0) is 32.1 Å². The molecule has 3 atom stereocenters. The predicted octanol–water partition coefficient (Wildman–Crippen LogP) is 9.77. The van der Waals surface area contributed by atoms with Crippen LogP contribution in [0.2, 0.25) is 0 Å². The zero-order valence-corrected chi connectivity index (χ0v) is 30.6. The van der Waals surface area contributed by atoms with Gasteiger partial charge in [-0.2, -0.15) is 8.42 Å². The molecule has 1 amide bonds. The molecule has 0 bridgehead atoms. The fraction of sp³-hybridized carbons (Fsp3) is 0.868. The smallest absolute Gasteiger partial charge is 0.267 e. The van der Waals surface area contributed by atoms with E-state index in [1.807, 2.05) is 0 Å². The summed E-state index contributed by atoms with van der Waals surface area (Å²) >= 11 is 0. The average molecular weight is 672 g/mol. The van der Waals surface area contributed by atoms with Crippen LogP contribution in [0.1, 0.15) is 187 Å². The lowest BCUT2D eigenvalue weighted by molar-refractivity contribution is -0.130. The zero-order valence-electron chi connectivity index (χ0n) is 29.8. The standard InChI is InChI=1S/C38H73NO6S/c1-3-5-7-9-11-13-15-16-17-18-19-20-21-22-23-25-27-29-31-33-37(41)38(42)39-35(34-46(43,44)45)36(40)32-30-28-26-24-14-12-10-8-6-4-2/h14,24,30,32,35-37,40-41H,3-13,15-23,25-29,31,33-34H2,1-2H3,(H,39,42)(H,43,44,45)/b24-14+,32-30+. The third-order valence-electron chi connectivity index (χ3n) is 8.74. The van der Waals surface area contributed by atoms with E-state index in [0.29, 0.717) is 12.8 Å². The quantitative estimate of drug-likeness (QED) is 0.0307. The van der Waals surface area contributed by atoms with E-state index >= 15 is 0 Å². The third kappa shape index (κ3) is 31.4. The second-order valence-electron chi connectivity index (χ2n) is 13.3. The number of rotatable bonds is 34.